The minimum atomic E-state index is -0.240. The Morgan fingerprint density at radius 1 is 0.976 bits per heavy atom. The lowest BCUT2D eigenvalue weighted by Crippen LogP contribution is -2.31. The van der Waals surface area contributed by atoms with E-state index in [-0.39, 0.29) is 11.7 Å². The van der Waals surface area contributed by atoms with Gasteiger partial charge < -0.3 is 19.5 Å². The number of fused-ring (bicyclic) bond motifs is 1. The van der Waals surface area contributed by atoms with Gasteiger partial charge in [-0.05, 0) is 68.7 Å². The Morgan fingerprint density at radius 2 is 1.76 bits per heavy atom. The third kappa shape index (κ3) is 6.92. The normalized spacial score (nSPS) is 14.7. The molecule has 0 radical (unpaired) electrons. The van der Waals surface area contributed by atoms with Crippen molar-refractivity contribution >= 4 is 28.4 Å². The van der Waals surface area contributed by atoms with E-state index in [0.717, 1.165) is 79.9 Å². The number of hydrogen-bond donors (Lipinski definition) is 1. The number of aryl methyl sites for hydroxylation is 2. The van der Waals surface area contributed by atoms with Crippen molar-refractivity contribution in [1.82, 2.24) is 19.7 Å². The molecule has 3 aromatic carbocycles. The largest absolute Gasteiger partial charge is 0.495 e. The van der Waals surface area contributed by atoms with Crippen LogP contribution in [-0.2, 0) is 19.6 Å². The maximum atomic E-state index is 14.3. The van der Waals surface area contributed by atoms with Gasteiger partial charge in [-0.3, -0.25) is 9.69 Å². The molecular weight excluding hydrogens is 539 g/mol. The zero-order chi connectivity index (χ0) is 28.8. The van der Waals surface area contributed by atoms with E-state index in [1.165, 1.54) is 6.07 Å². The summed E-state index contributed by atoms with van der Waals surface area (Å²) in [5.41, 5.74) is 4.44. The minimum Gasteiger partial charge on any atom is -0.495 e. The topological polar surface area (TPSA) is 49.7 Å². The van der Waals surface area contributed by atoms with Crippen molar-refractivity contribution in [2.24, 2.45) is 0 Å². The lowest BCUT2D eigenvalue weighted by Gasteiger charge is -2.22. The van der Waals surface area contributed by atoms with Crippen LogP contribution in [0.5, 0.6) is 5.75 Å². The van der Waals surface area contributed by atoms with Gasteiger partial charge in [0, 0.05) is 54.9 Å². The van der Waals surface area contributed by atoms with Crippen LogP contribution in [0.25, 0.3) is 10.9 Å². The highest BCUT2D eigenvalue weighted by Crippen LogP contribution is 2.30. The van der Waals surface area contributed by atoms with Gasteiger partial charge in [-0.15, -0.1) is 0 Å². The van der Waals surface area contributed by atoms with Crippen molar-refractivity contribution in [2.75, 3.05) is 39.8 Å². The van der Waals surface area contributed by atoms with E-state index in [2.05, 4.69) is 32.7 Å². The van der Waals surface area contributed by atoms with Crippen LogP contribution in [-0.4, -0.2) is 60.1 Å². The molecule has 1 saturated heterocycles. The van der Waals surface area contributed by atoms with E-state index < -0.39 is 0 Å². The van der Waals surface area contributed by atoms with Crippen LogP contribution < -0.4 is 10.1 Å². The lowest BCUT2D eigenvalue weighted by atomic mass is 10.1. The van der Waals surface area contributed by atoms with Crippen molar-refractivity contribution in [3.63, 3.8) is 0 Å². The predicted octanol–water partition coefficient (Wildman–Crippen LogP) is 6.28. The van der Waals surface area contributed by atoms with E-state index in [1.54, 1.807) is 19.2 Å². The number of nitrogens with one attached hydrogen (secondary N) is 1. The molecular formula is C33H38ClFN4O2. The molecule has 0 aliphatic carbocycles. The number of carbonyl (C=O) groups is 1. The first-order valence-electron chi connectivity index (χ1n) is 14.3. The molecule has 0 atom stereocenters. The second-order valence-corrected chi connectivity index (χ2v) is 11.1. The van der Waals surface area contributed by atoms with Crippen LogP contribution in [0.15, 0.2) is 66.9 Å². The number of carbonyl (C=O) groups excluding carboxylic acids is 1. The van der Waals surface area contributed by atoms with Crippen LogP contribution >= 0.6 is 11.6 Å². The van der Waals surface area contributed by atoms with Crippen molar-refractivity contribution < 1.29 is 13.9 Å². The molecule has 8 heteroatoms. The summed E-state index contributed by atoms with van der Waals surface area (Å²) in [6.45, 7) is 8.50. The van der Waals surface area contributed by atoms with Gasteiger partial charge in [-0.1, -0.05) is 54.1 Å². The summed E-state index contributed by atoms with van der Waals surface area (Å²) >= 11 is 6.27. The predicted molar refractivity (Wildman–Crippen MR) is 163 cm³/mol. The number of halogens is 2. The average Bonchev–Trinajstić information content (AvgIpc) is 3.20. The van der Waals surface area contributed by atoms with Gasteiger partial charge in [0.2, 0.25) is 0 Å². The van der Waals surface area contributed by atoms with Crippen LogP contribution in [0.2, 0.25) is 5.02 Å². The first-order valence-corrected chi connectivity index (χ1v) is 14.7. The Morgan fingerprint density at radius 3 is 2.56 bits per heavy atom. The van der Waals surface area contributed by atoms with Crippen LogP contribution in [0.4, 0.5) is 4.39 Å². The summed E-state index contributed by atoms with van der Waals surface area (Å²) in [7, 11) is 1.67. The van der Waals surface area contributed by atoms with Gasteiger partial charge in [0.25, 0.3) is 5.91 Å². The van der Waals surface area contributed by atoms with E-state index in [1.807, 2.05) is 42.6 Å². The molecule has 1 N–H and O–H groups in total. The minimum absolute atomic E-state index is 0.0900. The van der Waals surface area contributed by atoms with Gasteiger partial charge in [-0.25, -0.2) is 4.39 Å². The highest BCUT2D eigenvalue weighted by Gasteiger charge is 2.20. The fourth-order valence-electron chi connectivity index (χ4n) is 5.70. The number of rotatable bonds is 10. The van der Waals surface area contributed by atoms with Crippen molar-refractivity contribution in [3.8, 4) is 5.75 Å². The monoisotopic (exact) mass is 576 g/mol. The maximum absolute atomic E-state index is 14.3. The van der Waals surface area contributed by atoms with Gasteiger partial charge >= 0.3 is 0 Å². The molecule has 1 amide bonds. The van der Waals surface area contributed by atoms with E-state index in [4.69, 9.17) is 16.3 Å². The molecule has 41 heavy (non-hydrogen) atoms. The first kappa shape index (κ1) is 29.1. The van der Waals surface area contributed by atoms with Crippen molar-refractivity contribution in [2.45, 2.75) is 39.4 Å². The lowest BCUT2D eigenvalue weighted by molar-refractivity contribution is 0.0952. The summed E-state index contributed by atoms with van der Waals surface area (Å²) in [6.07, 6.45) is 3.92. The molecule has 0 unspecified atom stereocenters. The summed E-state index contributed by atoms with van der Waals surface area (Å²) in [5, 5.41) is 4.49. The Bertz CT molecular complexity index is 1480. The van der Waals surface area contributed by atoms with Gasteiger partial charge in [0.1, 0.15) is 11.6 Å². The van der Waals surface area contributed by atoms with E-state index in [9.17, 15) is 9.18 Å². The molecule has 0 bridgehead atoms. The third-order valence-electron chi connectivity index (χ3n) is 8.02. The Labute approximate surface area is 246 Å². The zero-order valence-corrected chi connectivity index (χ0v) is 24.6. The van der Waals surface area contributed by atoms with Crippen molar-refractivity contribution in [1.29, 1.82) is 0 Å². The second-order valence-electron chi connectivity index (χ2n) is 10.7. The molecule has 1 aromatic heterocycles. The summed E-state index contributed by atoms with van der Waals surface area (Å²) in [6, 6.07) is 18.8. The molecule has 1 aliphatic rings. The third-order valence-corrected chi connectivity index (χ3v) is 8.38. The second kappa shape index (κ2) is 13.5. The molecule has 1 aliphatic heterocycles. The maximum Gasteiger partial charge on any atom is 0.253 e. The Balaban J connectivity index is 1.22. The van der Waals surface area contributed by atoms with Gasteiger partial charge in [0.05, 0.1) is 18.2 Å². The molecule has 5 rings (SSSR count). The van der Waals surface area contributed by atoms with E-state index >= 15 is 0 Å². The number of benzene rings is 3. The fraction of sp³-hybridized carbons (Fsp3) is 0.364. The zero-order valence-electron chi connectivity index (χ0n) is 23.8. The Hall–Kier alpha value is -3.39. The summed E-state index contributed by atoms with van der Waals surface area (Å²) < 4.78 is 22.2. The number of aromatic nitrogens is 1. The summed E-state index contributed by atoms with van der Waals surface area (Å²) in [4.78, 5) is 18.1. The number of para-hydroxylation sites is 1. The number of hydrogen-bond acceptors (Lipinski definition) is 4. The summed E-state index contributed by atoms with van der Waals surface area (Å²) in [5.74, 6) is 0.432. The van der Waals surface area contributed by atoms with Gasteiger partial charge in [-0.2, -0.15) is 0 Å². The van der Waals surface area contributed by atoms with Crippen LogP contribution in [0.1, 0.15) is 39.9 Å². The van der Waals surface area contributed by atoms with Gasteiger partial charge in [0.15, 0.2) is 0 Å². The number of ether oxygens (including phenoxy) is 1. The standard InChI is InChI=1S/C33H38ClFN4O2/c1-24-9-3-4-10-25(24)21-36-33(40)27-23-39(32-26(27)11-5-14-31(32)41-2)18-8-16-37-15-7-17-38(20-19-37)22-28-29(34)12-6-13-30(28)35/h3-6,9-14,23H,7-8,15-22H2,1-2H3,(H,36,40). The molecule has 0 saturated carbocycles. The molecule has 0 spiro atoms. The fourth-order valence-corrected chi connectivity index (χ4v) is 5.93. The van der Waals surface area contributed by atoms with Crippen LogP contribution in [0, 0.1) is 12.7 Å². The SMILES string of the molecule is COc1cccc2c(C(=O)NCc3ccccc3C)cn(CCCN3CCCN(Cc4c(F)cccc4Cl)CC3)c12. The molecule has 4 aromatic rings. The number of methoxy groups -OCH3 is 1. The van der Waals surface area contributed by atoms with Crippen molar-refractivity contribution in [3.05, 3.63) is 100.0 Å². The average molecular weight is 577 g/mol. The number of amides is 1. The highest BCUT2D eigenvalue weighted by molar-refractivity contribution is 6.31. The van der Waals surface area contributed by atoms with Crippen LogP contribution in [0.3, 0.4) is 0 Å². The molecule has 2 heterocycles. The highest BCUT2D eigenvalue weighted by atomic mass is 35.5. The van der Waals surface area contributed by atoms with E-state index in [0.29, 0.717) is 29.2 Å². The quantitative estimate of drug-likeness (QED) is 0.241. The molecule has 1 fully saturated rings. The smallest absolute Gasteiger partial charge is 0.253 e. The first-order chi connectivity index (χ1) is 19.9. The Kier molecular flexibility index (Phi) is 9.60. The number of nitrogens with zero attached hydrogens (tertiary/aromatic N) is 3. The molecule has 6 nitrogen and oxygen atoms in total. The molecule has 216 valence electrons.